The molecule has 2 aromatic heterocycles. The van der Waals surface area contributed by atoms with E-state index >= 15 is 0 Å². The van der Waals surface area contributed by atoms with Crippen LogP contribution in [0, 0.1) is 6.92 Å². The van der Waals surface area contributed by atoms with Crippen LogP contribution in [0.4, 0.5) is 0 Å². The van der Waals surface area contributed by atoms with Crippen LogP contribution in [0.1, 0.15) is 56.4 Å². The average molecular weight is 307 g/mol. The largest absolute Gasteiger partial charge is 0.250 e. The Hall–Kier alpha value is -2.16. The quantitative estimate of drug-likeness (QED) is 0.572. The van der Waals surface area contributed by atoms with E-state index in [0.717, 1.165) is 11.3 Å². The number of pyridine rings is 1. The molecule has 0 saturated carbocycles. The van der Waals surface area contributed by atoms with Gasteiger partial charge in [-0.3, -0.25) is 4.68 Å². The second-order valence-corrected chi connectivity index (χ2v) is 6.16. The van der Waals surface area contributed by atoms with Crippen LogP contribution in [-0.2, 0) is 7.05 Å². The standard InChI is InChI=1S/C18H19N3.C2H6/c1-10-11(2)15-9-19-18-16(12(3)20-21(18)4)17(15)14-8-6-5-7-13(10)14;1-2/h5-11H,1-4H3;1-2H3. The van der Waals surface area contributed by atoms with Crippen LogP contribution in [0.25, 0.3) is 22.2 Å². The maximum atomic E-state index is 4.67. The van der Waals surface area contributed by atoms with Crippen molar-refractivity contribution < 1.29 is 0 Å². The summed E-state index contributed by atoms with van der Waals surface area (Å²) in [4.78, 5) is 4.67. The molecular formula is C20H25N3. The molecule has 1 aliphatic rings. The normalized spacial score (nSPS) is 18.9. The fourth-order valence-electron chi connectivity index (χ4n) is 3.72. The van der Waals surface area contributed by atoms with Crippen molar-refractivity contribution in [2.24, 2.45) is 7.05 Å². The van der Waals surface area contributed by atoms with Crippen LogP contribution in [-0.4, -0.2) is 14.8 Å². The highest BCUT2D eigenvalue weighted by molar-refractivity contribution is 5.98. The van der Waals surface area contributed by atoms with Gasteiger partial charge in [0.25, 0.3) is 0 Å². The fraction of sp³-hybridized carbons (Fsp3) is 0.400. The van der Waals surface area contributed by atoms with Crippen molar-refractivity contribution >= 4 is 11.0 Å². The molecule has 0 N–H and O–H groups in total. The van der Waals surface area contributed by atoms with Crippen molar-refractivity contribution in [2.45, 2.75) is 46.5 Å². The van der Waals surface area contributed by atoms with Crippen LogP contribution < -0.4 is 0 Å². The van der Waals surface area contributed by atoms with Gasteiger partial charge >= 0.3 is 0 Å². The molecule has 0 bridgehead atoms. The molecule has 0 spiro atoms. The number of aromatic nitrogens is 3. The van der Waals surface area contributed by atoms with E-state index in [-0.39, 0.29) is 0 Å². The first-order valence-corrected chi connectivity index (χ1v) is 8.51. The maximum Gasteiger partial charge on any atom is 0.158 e. The van der Waals surface area contributed by atoms with Crippen LogP contribution in [0.2, 0.25) is 0 Å². The van der Waals surface area contributed by atoms with E-state index in [0.29, 0.717) is 11.8 Å². The van der Waals surface area contributed by atoms with Crippen molar-refractivity contribution in [3.63, 3.8) is 0 Å². The highest BCUT2D eigenvalue weighted by atomic mass is 15.3. The molecule has 3 nitrogen and oxygen atoms in total. The highest BCUT2D eigenvalue weighted by Crippen LogP contribution is 2.48. The van der Waals surface area contributed by atoms with Gasteiger partial charge in [-0.1, -0.05) is 52.0 Å². The minimum absolute atomic E-state index is 0.478. The molecule has 4 rings (SSSR count). The molecule has 1 aliphatic carbocycles. The molecule has 0 aliphatic heterocycles. The summed E-state index contributed by atoms with van der Waals surface area (Å²) in [5, 5.41) is 5.78. The Morgan fingerprint density at radius 1 is 1.00 bits per heavy atom. The summed E-state index contributed by atoms with van der Waals surface area (Å²) in [7, 11) is 1.97. The molecule has 3 heteroatoms. The Bertz CT molecular complexity index is 861. The van der Waals surface area contributed by atoms with Crippen molar-refractivity contribution in [1.82, 2.24) is 14.8 Å². The van der Waals surface area contributed by atoms with E-state index < -0.39 is 0 Å². The van der Waals surface area contributed by atoms with Crippen LogP contribution in [0.15, 0.2) is 30.5 Å². The smallest absolute Gasteiger partial charge is 0.158 e. The van der Waals surface area contributed by atoms with Crippen LogP contribution in [0.5, 0.6) is 0 Å². The number of nitrogens with zero attached hydrogens (tertiary/aromatic N) is 3. The number of hydrogen-bond donors (Lipinski definition) is 0. The third-order valence-corrected chi connectivity index (χ3v) is 5.02. The van der Waals surface area contributed by atoms with Gasteiger partial charge in [-0.15, -0.1) is 0 Å². The predicted molar refractivity (Wildman–Crippen MR) is 96.9 cm³/mol. The Morgan fingerprint density at radius 2 is 1.65 bits per heavy atom. The van der Waals surface area contributed by atoms with Gasteiger partial charge in [-0.05, 0) is 41.0 Å². The average Bonchev–Trinajstić information content (AvgIpc) is 2.88. The maximum absolute atomic E-state index is 4.67. The second-order valence-electron chi connectivity index (χ2n) is 6.16. The number of benzene rings is 1. The SMILES string of the molecule is CC.Cc1nn(C)c2ncc3c(c12)-c1ccccc1C(C)C3C. The van der Waals surface area contributed by atoms with Gasteiger partial charge in [0, 0.05) is 13.2 Å². The molecule has 2 atom stereocenters. The summed E-state index contributed by atoms with van der Waals surface area (Å²) in [6.45, 7) is 10.7. The number of fused-ring (bicyclic) bond motifs is 5. The topological polar surface area (TPSA) is 30.7 Å². The molecular weight excluding hydrogens is 282 g/mol. The molecule has 2 heterocycles. The molecule has 2 unspecified atom stereocenters. The first kappa shape index (κ1) is 15.7. The minimum atomic E-state index is 0.478. The molecule has 0 radical (unpaired) electrons. The second kappa shape index (κ2) is 5.80. The highest BCUT2D eigenvalue weighted by Gasteiger charge is 2.30. The van der Waals surface area contributed by atoms with Crippen LogP contribution >= 0.6 is 0 Å². The van der Waals surface area contributed by atoms with E-state index in [1.54, 1.807) is 0 Å². The van der Waals surface area contributed by atoms with Crippen molar-refractivity contribution in [1.29, 1.82) is 0 Å². The predicted octanol–water partition coefficient (Wildman–Crippen LogP) is 5.19. The summed E-state index contributed by atoms with van der Waals surface area (Å²) in [5.74, 6) is 0.997. The summed E-state index contributed by atoms with van der Waals surface area (Å²) in [6, 6.07) is 8.77. The third-order valence-electron chi connectivity index (χ3n) is 5.02. The number of aryl methyl sites for hydroxylation is 2. The molecule has 120 valence electrons. The lowest BCUT2D eigenvalue weighted by atomic mass is 9.73. The number of hydrogen-bond acceptors (Lipinski definition) is 2. The summed E-state index contributed by atoms with van der Waals surface area (Å²) in [5.41, 5.74) is 7.52. The Morgan fingerprint density at radius 3 is 2.39 bits per heavy atom. The third kappa shape index (κ3) is 2.18. The summed E-state index contributed by atoms with van der Waals surface area (Å²) >= 11 is 0. The molecule has 23 heavy (non-hydrogen) atoms. The van der Waals surface area contributed by atoms with Gasteiger partial charge < -0.3 is 0 Å². The molecule has 0 amide bonds. The lowest BCUT2D eigenvalue weighted by molar-refractivity contribution is 0.615. The van der Waals surface area contributed by atoms with Gasteiger partial charge in [0.15, 0.2) is 5.65 Å². The van der Waals surface area contributed by atoms with Gasteiger partial charge in [-0.2, -0.15) is 5.10 Å². The Labute approximate surface area is 138 Å². The molecule has 0 fully saturated rings. The zero-order valence-corrected chi connectivity index (χ0v) is 14.9. The molecule has 1 aromatic carbocycles. The van der Waals surface area contributed by atoms with Crippen molar-refractivity contribution in [2.75, 3.05) is 0 Å². The summed E-state index contributed by atoms with van der Waals surface area (Å²) in [6.07, 6.45) is 2.05. The molecule has 3 aromatic rings. The van der Waals surface area contributed by atoms with E-state index in [2.05, 4.69) is 61.3 Å². The summed E-state index contributed by atoms with van der Waals surface area (Å²) < 4.78 is 1.89. The van der Waals surface area contributed by atoms with E-state index in [4.69, 9.17) is 0 Å². The lowest BCUT2D eigenvalue weighted by Gasteiger charge is -2.31. The number of rotatable bonds is 0. The van der Waals surface area contributed by atoms with Crippen molar-refractivity contribution in [3.8, 4) is 11.1 Å². The Kier molecular flexibility index (Phi) is 3.97. The zero-order valence-electron chi connectivity index (χ0n) is 14.9. The monoisotopic (exact) mass is 307 g/mol. The first-order valence-electron chi connectivity index (χ1n) is 8.51. The van der Waals surface area contributed by atoms with Gasteiger partial charge in [-0.25, -0.2) is 4.98 Å². The van der Waals surface area contributed by atoms with Crippen molar-refractivity contribution in [3.05, 3.63) is 47.3 Å². The molecule has 0 saturated heterocycles. The van der Waals surface area contributed by atoms with Gasteiger partial charge in [0.1, 0.15) is 0 Å². The van der Waals surface area contributed by atoms with E-state index in [1.807, 2.05) is 25.6 Å². The van der Waals surface area contributed by atoms with E-state index in [9.17, 15) is 0 Å². The zero-order chi connectivity index (χ0) is 16.7. The fourth-order valence-corrected chi connectivity index (χ4v) is 3.72. The minimum Gasteiger partial charge on any atom is -0.250 e. The lowest BCUT2D eigenvalue weighted by Crippen LogP contribution is -2.14. The van der Waals surface area contributed by atoms with Gasteiger partial charge in [0.2, 0.25) is 0 Å². The van der Waals surface area contributed by atoms with Crippen LogP contribution in [0.3, 0.4) is 0 Å². The van der Waals surface area contributed by atoms with E-state index in [1.165, 1.54) is 27.6 Å². The first-order chi connectivity index (χ1) is 11.1. The Balaban J connectivity index is 0.000000753. The van der Waals surface area contributed by atoms with Gasteiger partial charge in [0.05, 0.1) is 11.1 Å².